The lowest BCUT2D eigenvalue weighted by Gasteiger charge is -2.35. The Morgan fingerprint density at radius 3 is 2.43 bits per heavy atom. The van der Waals surface area contributed by atoms with Crippen molar-refractivity contribution >= 4 is 46.7 Å². The lowest BCUT2D eigenvalue weighted by Crippen LogP contribution is -2.44. The zero-order valence-electron chi connectivity index (χ0n) is 16.5. The van der Waals surface area contributed by atoms with Gasteiger partial charge >= 0.3 is 0 Å². The topological polar surface area (TPSA) is 58.6 Å². The first-order valence-corrected chi connectivity index (χ1v) is 11.6. The van der Waals surface area contributed by atoms with Crippen molar-refractivity contribution in [3.63, 3.8) is 0 Å². The van der Waals surface area contributed by atoms with E-state index in [1.807, 2.05) is 24.3 Å². The number of carbonyl (C=O) groups is 2. The Morgan fingerprint density at radius 2 is 1.73 bits per heavy atom. The number of hydrogen-bond donors (Lipinski definition) is 1. The second-order valence-corrected chi connectivity index (χ2v) is 8.74. The van der Waals surface area contributed by atoms with E-state index in [0.29, 0.717) is 35.4 Å². The van der Waals surface area contributed by atoms with Crippen molar-refractivity contribution in [2.75, 3.05) is 44.4 Å². The molecule has 1 aliphatic heterocycles. The highest BCUT2D eigenvalue weighted by atomic mass is 35.5. The minimum atomic E-state index is -0.103. The molecule has 0 spiro atoms. The van der Waals surface area contributed by atoms with Crippen molar-refractivity contribution in [3.05, 3.63) is 69.7 Å². The van der Waals surface area contributed by atoms with Crippen LogP contribution in [0, 0.1) is 0 Å². The van der Waals surface area contributed by atoms with E-state index in [4.69, 9.17) is 27.9 Å². The van der Waals surface area contributed by atoms with E-state index in [-0.39, 0.29) is 29.2 Å². The molecule has 0 radical (unpaired) electrons. The van der Waals surface area contributed by atoms with Crippen LogP contribution in [0.1, 0.15) is 22.0 Å². The number of morpholine rings is 1. The molecular formula is C22H24Cl2N2O3S. The predicted molar refractivity (Wildman–Crippen MR) is 123 cm³/mol. The number of benzene rings is 2. The number of ether oxygens (including phenoxy) is 1. The average Bonchev–Trinajstić information content (AvgIpc) is 2.76. The summed E-state index contributed by atoms with van der Waals surface area (Å²) in [6, 6.07) is 14.5. The Bertz CT molecular complexity index is 858. The van der Waals surface area contributed by atoms with Gasteiger partial charge in [0.1, 0.15) is 0 Å². The third kappa shape index (κ3) is 6.72. The number of thioether (sulfide) groups is 1. The summed E-state index contributed by atoms with van der Waals surface area (Å²) < 4.78 is 5.46. The van der Waals surface area contributed by atoms with Gasteiger partial charge < -0.3 is 10.1 Å². The summed E-state index contributed by atoms with van der Waals surface area (Å²) in [4.78, 5) is 26.9. The first-order valence-electron chi connectivity index (χ1n) is 9.74. The molecule has 8 heteroatoms. The van der Waals surface area contributed by atoms with Gasteiger partial charge in [-0.1, -0.05) is 41.4 Å². The maximum absolute atomic E-state index is 12.4. The molecule has 0 bridgehead atoms. The molecule has 1 fully saturated rings. The first kappa shape index (κ1) is 23.1. The molecule has 3 rings (SSSR count). The standard InChI is InChI=1S/C22H24Cl2N2O3S/c23-17-7-5-16(6-8-17)21(27)14-30-15-22(28)25-13-20(26-9-11-29-12-10-26)18-3-1-2-4-19(18)24/h1-8,20H,9-15H2,(H,25,28)/t20-/m0/s1. The largest absolute Gasteiger partial charge is 0.379 e. The SMILES string of the molecule is O=C(CSCC(=O)c1ccc(Cl)cc1)NC[C@@H](c1ccccc1Cl)N1CCOCC1. The van der Waals surface area contributed by atoms with Gasteiger partial charge in [-0.25, -0.2) is 0 Å². The van der Waals surface area contributed by atoms with Crippen molar-refractivity contribution in [1.29, 1.82) is 0 Å². The molecule has 1 N–H and O–H groups in total. The van der Waals surface area contributed by atoms with E-state index in [2.05, 4.69) is 10.2 Å². The Hall–Kier alpha value is -1.57. The van der Waals surface area contributed by atoms with Crippen molar-refractivity contribution in [2.45, 2.75) is 6.04 Å². The van der Waals surface area contributed by atoms with Crippen LogP contribution in [-0.4, -0.2) is 60.9 Å². The van der Waals surface area contributed by atoms with Crippen LogP contribution in [0.2, 0.25) is 10.0 Å². The fourth-order valence-corrected chi connectivity index (χ4v) is 4.42. The highest BCUT2D eigenvalue weighted by Gasteiger charge is 2.24. The molecule has 0 aromatic heterocycles. The number of Topliss-reactive ketones (excluding diaryl/α,β-unsaturated/α-hetero) is 1. The maximum Gasteiger partial charge on any atom is 0.230 e. The van der Waals surface area contributed by atoms with Gasteiger partial charge in [0.25, 0.3) is 0 Å². The fourth-order valence-electron chi connectivity index (χ4n) is 3.29. The van der Waals surface area contributed by atoms with Crippen LogP contribution >= 0.6 is 35.0 Å². The minimum absolute atomic E-state index is 0.0211. The summed E-state index contributed by atoms with van der Waals surface area (Å²) in [5.74, 6) is 0.338. The second kappa shape index (κ2) is 11.7. The van der Waals surface area contributed by atoms with Gasteiger partial charge in [-0.05, 0) is 35.9 Å². The van der Waals surface area contributed by atoms with Gasteiger partial charge in [0.2, 0.25) is 5.91 Å². The predicted octanol–water partition coefficient (Wildman–Crippen LogP) is 4.10. The lowest BCUT2D eigenvalue weighted by atomic mass is 10.0. The van der Waals surface area contributed by atoms with E-state index in [1.54, 1.807) is 24.3 Å². The molecule has 0 unspecified atom stereocenters. The molecule has 160 valence electrons. The minimum Gasteiger partial charge on any atom is -0.379 e. The smallest absolute Gasteiger partial charge is 0.230 e. The van der Waals surface area contributed by atoms with Gasteiger partial charge in [-0.15, -0.1) is 11.8 Å². The van der Waals surface area contributed by atoms with E-state index in [1.165, 1.54) is 11.8 Å². The van der Waals surface area contributed by atoms with Crippen LogP contribution in [-0.2, 0) is 9.53 Å². The van der Waals surface area contributed by atoms with E-state index >= 15 is 0 Å². The quantitative estimate of drug-likeness (QED) is 0.563. The Morgan fingerprint density at radius 1 is 1.03 bits per heavy atom. The number of carbonyl (C=O) groups excluding carboxylic acids is 2. The van der Waals surface area contributed by atoms with Crippen LogP contribution < -0.4 is 5.32 Å². The molecule has 30 heavy (non-hydrogen) atoms. The summed E-state index contributed by atoms with van der Waals surface area (Å²) in [5.41, 5.74) is 1.59. The number of nitrogens with zero attached hydrogens (tertiary/aromatic N) is 1. The highest BCUT2D eigenvalue weighted by Crippen LogP contribution is 2.27. The van der Waals surface area contributed by atoms with Crippen molar-refractivity contribution in [1.82, 2.24) is 10.2 Å². The molecule has 1 saturated heterocycles. The molecular weight excluding hydrogens is 443 g/mol. The fraction of sp³-hybridized carbons (Fsp3) is 0.364. The number of nitrogens with one attached hydrogen (secondary N) is 1. The normalized spacial score (nSPS) is 15.5. The second-order valence-electron chi connectivity index (χ2n) is 6.91. The zero-order chi connectivity index (χ0) is 21.3. The number of rotatable bonds is 9. The first-order chi connectivity index (χ1) is 14.5. The van der Waals surface area contributed by atoms with Crippen molar-refractivity contribution in [3.8, 4) is 0 Å². The third-order valence-corrected chi connectivity index (χ3v) is 6.40. The van der Waals surface area contributed by atoms with Gasteiger partial charge in [0.15, 0.2) is 5.78 Å². The van der Waals surface area contributed by atoms with Gasteiger partial charge in [0, 0.05) is 35.2 Å². The van der Waals surface area contributed by atoms with Gasteiger partial charge in [-0.2, -0.15) is 0 Å². The Kier molecular flexibility index (Phi) is 9.03. The van der Waals surface area contributed by atoms with Gasteiger partial charge in [-0.3, -0.25) is 14.5 Å². The van der Waals surface area contributed by atoms with Crippen molar-refractivity contribution < 1.29 is 14.3 Å². The Labute approximate surface area is 191 Å². The molecule has 1 aliphatic rings. The monoisotopic (exact) mass is 466 g/mol. The average molecular weight is 467 g/mol. The van der Waals surface area contributed by atoms with Crippen LogP contribution in [0.4, 0.5) is 0 Å². The highest BCUT2D eigenvalue weighted by molar-refractivity contribution is 8.00. The van der Waals surface area contributed by atoms with E-state index in [0.717, 1.165) is 18.7 Å². The van der Waals surface area contributed by atoms with Crippen LogP contribution in [0.3, 0.4) is 0 Å². The molecule has 2 aromatic rings. The molecule has 1 heterocycles. The summed E-state index contributed by atoms with van der Waals surface area (Å²) in [5, 5.41) is 4.27. The third-order valence-electron chi connectivity index (χ3n) is 4.88. The molecule has 1 atom stereocenters. The molecule has 0 aliphatic carbocycles. The summed E-state index contributed by atoms with van der Waals surface area (Å²) in [7, 11) is 0. The van der Waals surface area contributed by atoms with E-state index in [9.17, 15) is 9.59 Å². The Balaban J connectivity index is 1.51. The van der Waals surface area contributed by atoms with Gasteiger partial charge in [0.05, 0.1) is 30.8 Å². The van der Waals surface area contributed by atoms with Crippen LogP contribution in [0.5, 0.6) is 0 Å². The molecule has 1 amide bonds. The number of amides is 1. The number of halogens is 2. The summed E-state index contributed by atoms with van der Waals surface area (Å²) in [6.45, 7) is 3.36. The van der Waals surface area contributed by atoms with Crippen LogP contribution in [0.25, 0.3) is 0 Å². The number of ketones is 1. The van der Waals surface area contributed by atoms with Crippen molar-refractivity contribution in [2.24, 2.45) is 0 Å². The zero-order valence-corrected chi connectivity index (χ0v) is 18.8. The van der Waals surface area contributed by atoms with Crippen LogP contribution in [0.15, 0.2) is 48.5 Å². The molecule has 0 saturated carbocycles. The summed E-state index contributed by atoms with van der Waals surface area (Å²) >= 11 is 13.6. The lowest BCUT2D eigenvalue weighted by molar-refractivity contribution is -0.118. The maximum atomic E-state index is 12.4. The molecule has 5 nitrogen and oxygen atoms in total. The summed E-state index contributed by atoms with van der Waals surface area (Å²) in [6.07, 6.45) is 0. The number of hydrogen-bond acceptors (Lipinski definition) is 5. The van der Waals surface area contributed by atoms with E-state index < -0.39 is 0 Å². The molecule has 2 aromatic carbocycles.